The van der Waals surface area contributed by atoms with Gasteiger partial charge in [0.05, 0.1) is 0 Å². The van der Waals surface area contributed by atoms with E-state index in [9.17, 15) is 0 Å². The summed E-state index contributed by atoms with van der Waals surface area (Å²) in [5.41, 5.74) is 2.98. The normalized spacial score (nSPS) is 10.7. The van der Waals surface area contributed by atoms with E-state index in [1.165, 1.54) is 5.39 Å². The molecule has 0 aliphatic carbocycles. The Hall–Kier alpha value is -3.27. The highest BCUT2D eigenvalue weighted by Gasteiger charge is 2.09. The molecule has 0 fully saturated rings. The Morgan fingerprint density at radius 1 is 0.875 bits per heavy atom. The largest absolute Gasteiger partial charge is 0.340 e. The van der Waals surface area contributed by atoms with Crippen LogP contribution < -0.4 is 5.32 Å². The van der Waals surface area contributed by atoms with Crippen LogP contribution in [0.15, 0.2) is 73.2 Å². The molecule has 1 N–H and O–H groups in total. The van der Waals surface area contributed by atoms with Crippen LogP contribution in [0.2, 0.25) is 0 Å². The molecule has 2 aromatic carbocycles. The second-order valence-electron chi connectivity index (χ2n) is 5.61. The van der Waals surface area contributed by atoms with Gasteiger partial charge in [0, 0.05) is 35.4 Å². The lowest BCUT2D eigenvalue weighted by molar-refractivity contribution is 1.14. The lowest BCUT2D eigenvalue weighted by Crippen LogP contribution is -2.00. The molecule has 0 aliphatic rings. The predicted molar refractivity (Wildman–Crippen MR) is 97.2 cm³/mol. The van der Waals surface area contributed by atoms with E-state index in [0.717, 1.165) is 28.0 Å². The van der Waals surface area contributed by atoms with Crippen molar-refractivity contribution in [1.82, 2.24) is 15.0 Å². The first kappa shape index (κ1) is 14.3. The Kier molecular flexibility index (Phi) is 3.63. The van der Waals surface area contributed by atoms with Crippen molar-refractivity contribution >= 4 is 22.3 Å². The average molecular weight is 312 g/mol. The maximum Gasteiger partial charge on any atom is 0.162 e. The van der Waals surface area contributed by atoms with E-state index in [1.807, 2.05) is 43.5 Å². The average Bonchev–Trinajstić information content (AvgIpc) is 2.64. The molecule has 0 spiro atoms. The second kappa shape index (κ2) is 6.08. The lowest BCUT2D eigenvalue weighted by atomic mass is 10.0. The van der Waals surface area contributed by atoms with E-state index in [4.69, 9.17) is 4.98 Å². The number of hydrogen-bond acceptors (Lipinski definition) is 4. The van der Waals surface area contributed by atoms with Crippen molar-refractivity contribution in [1.29, 1.82) is 0 Å². The number of aromatic nitrogens is 3. The van der Waals surface area contributed by atoms with Gasteiger partial charge in [0.1, 0.15) is 5.82 Å². The van der Waals surface area contributed by atoms with Crippen LogP contribution in [-0.2, 0) is 0 Å². The Balaban J connectivity index is 1.80. The van der Waals surface area contributed by atoms with E-state index in [0.29, 0.717) is 5.82 Å². The van der Waals surface area contributed by atoms with Gasteiger partial charge in [-0.2, -0.15) is 0 Å². The zero-order valence-corrected chi connectivity index (χ0v) is 13.3. The first-order valence-corrected chi connectivity index (χ1v) is 7.80. The van der Waals surface area contributed by atoms with Crippen molar-refractivity contribution in [2.45, 2.75) is 6.92 Å². The summed E-state index contributed by atoms with van der Waals surface area (Å²) < 4.78 is 0. The zero-order valence-electron chi connectivity index (χ0n) is 13.3. The van der Waals surface area contributed by atoms with Gasteiger partial charge >= 0.3 is 0 Å². The standard InChI is InChI=1S/C20H16N4/c1-14-13-22-20(24-19(14)23-16-9-11-21-12-10-16)18-8-4-6-15-5-2-3-7-17(15)18/h2-13H,1H3,(H,21,22,23,24). The molecule has 0 aliphatic heterocycles. The third-order valence-corrected chi connectivity index (χ3v) is 3.95. The Labute approximate surface area is 140 Å². The number of anilines is 2. The van der Waals surface area contributed by atoms with Crippen LogP contribution in [0.4, 0.5) is 11.5 Å². The minimum absolute atomic E-state index is 0.717. The van der Waals surface area contributed by atoms with Gasteiger partial charge in [0.15, 0.2) is 5.82 Å². The van der Waals surface area contributed by atoms with E-state index in [1.54, 1.807) is 12.4 Å². The van der Waals surface area contributed by atoms with Crippen molar-refractivity contribution in [3.05, 3.63) is 78.8 Å². The second-order valence-corrected chi connectivity index (χ2v) is 5.61. The highest BCUT2D eigenvalue weighted by Crippen LogP contribution is 2.28. The minimum atomic E-state index is 0.717. The number of nitrogens with zero attached hydrogens (tertiary/aromatic N) is 3. The fraction of sp³-hybridized carbons (Fsp3) is 0.0500. The number of rotatable bonds is 3. The van der Waals surface area contributed by atoms with Crippen LogP contribution in [0, 0.1) is 6.92 Å². The van der Waals surface area contributed by atoms with Crippen LogP contribution in [0.3, 0.4) is 0 Å². The summed E-state index contributed by atoms with van der Waals surface area (Å²) in [6.45, 7) is 2.00. The molecule has 4 nitrogen and oxygen atoms in total. The first-order chi connectivity index (χ1) is 11.8. The highest BCUT2D eigenvalue weighted by atomic mass is 15.0. The van der Waals surface area contributed by atoms with Crippen molar-refractivity contribution in [3.63, 3.8) is 0 Å². The quantitative estimate of drug-likeness (QED) is 0.593. The summed E-state index contributed by atoms with van der Waals surface area (Å²) in [7, 11) is 0. The van der Waals surface area contributed by atoms with Gasteiger partial charge in [0.2, 0.25) is 0 Å². The summed E-state index contributed by atoms with van der Waals surface area (Å²) in [6, 6.07) is 18.3. The number of nitrogens with one attached hydrogen (secondary N) is 1. The van der Waals surface area contributed by atoms with Crippen molar-refractivity contribution in [2.75, 3.05) is 5.32 Å². The first-order valence-electron chi connectivity index (χ1n) is 7.80. The summed E-state index contributed by atoms with van der Waals surface area (Å²) in [5, 5.41) is 5.67. The van der Waals surface area contributed by atoms with Crippen LogP contribution in [0.5, 0.6) is 0 Å². The molecule has 0 unspecified atom stereocenters. The van der Waals surface area contributed by atoms with Crippen molar-refractivity contribution in [2.24, 2.45) is 0 Å². The van der Waals surface area contributed by atoms with E-state index >= 15 is 0 Å². The summed E-state index contributed by atoms with van der Waals surface area (Å²) in [5.74, 6) is 1.52. The van der Waals surface area contributed by atoms with Gasteiger partial charge in [-0.25, -0.2) is 9.97 Å². The fourth-order valence-electron chi connectivity index (χ4n) is 2.69. The van der Waals surface area contributed by atoms with E-state index < -0.39 is 0 Å². The van der Waals surface area contributed by atoms with Gasteiger partial charge in [-0.1, -0.05) is 42.5 Å². The van der Waals surface area contributed by atoms with Crippen LogP contribution in [0.1, 0.15) is 5.56 Å². The van der Waals surface area contributed by atoms with Gasteiger partial charge in [-0.05, 0) is 29.8 Å². The molecular formula is C20H16N4. The third-order valence-electron chi connectivity index (χ3n) is 3.95. The number of aryl methyl sites for hydroxylation is 1. The molecule has 4 aromatic rings. The molecule has 0 atom stereocenters. The maximum absolute atomic E-state index is 4.75. The molecule has 0 radical (unpaired) electrons. The molecule has 24 heavy (non-hydrogen) atoms. The van der Waals surface area contributed by atoms with Crippen LogP contribution in [-0.4, -0.2) is 15.0 Å². The number of fused-ring (bicyclic) bond motifs is 1. The third kappa shape index (κ3) is 2.70. The van der Waals surface area contributed by atoms with Gasteiger partial charge in [0.25, 0.3) is 0 Å². The maximum atomic E-state index is 4.75. The van der Waals surface area contributed by atoms with Crippen LogP contribution >= 0.6 is 0 Å². The molecule has 4 rings (SSSR count). The molecule has 0 amide bonds. The number of pyridine rings is 1. The summed E-state index contributed by atoms with van der Waals surface area (Å²) in [6.07, 6.45) is 5.36. The highest BCUT2D eigenvalue weighted by molar-refractivity contribution is 5.95. The predicted octanol–water partition coefficient (Wildman–Crippen LogP) is 4.74. The van der Waals surface area contributed by atoms with Crippen LogP contribution in [0.25, 0.3) is 22.2 Å². The molecule has 0 saturated heterocycles. The van der Waals surface area contributed by atoms with E-state index in [2.05, 4.69) is 39.6 Å². The Bertz CT molecular complexity index is 991. The number of hydrogen-bond donors (Lipinski definition) is 1. The molecule has 4 heteroatoms. The summed E-state index contributed by atoms with van der Waals surface area (Å²) >= 11 is 0. The van der Waals surface area contributed by atoms with Gasteiger partial charge in [-0.3, -0.25) is 4.98 Å². The minimum Gasteiger partial charge on any atom is -0.340 e. The van der Waals surface area contributed by atoms with Crippen molar-refractivity contribution in [3.8, 4) is 11.4 Å². The Morgan fingerprint density at radius 3 is 2.54 bits per heavy atom. The van der Waals surface area contributed by atoms with E-state index in [-0.39, 0.29) is 0 Å². The topological polar surface area (TPSA) is 50.7 Å². The molecular weight excluding hydrogens is 296 g/mol. The molecule has 0 bridgehead atoms. The SMILES string of the molecule is Cc1cnc(-c2cccc3ccccc23)nc1Nc1ccncc1. The number of benzene rings is 2. The monoisotopic (exact) mass is 312 g/mol. The lowest BCUT2D eigenvalue weighted by Gasteiger charge is -2.11. The molecule has 0 saturated carbocycles. The van der Waals surface area contributed by atoms with Gasteiger partial charge in [-0.15, -0.1) is 0 Å². The zero-order chi connectivity index (χ0) is 16.4. The molecule has 2 aromatic heterocycles. The fourth-order valence-corrected chi connectivity index (χ4v) is 2.69. The molecule has 2 heterocycles. The Morgan fingerprint density at radius 2 is 1.67 bits per heavy atom. The van der Waals surface area contributed by atoms with Crippen molar-refractivity contribution < 1.29 is 0 Å². The smallest absolute Gasteiger partial charge is 0.162 e. The van der Waals surface area contributed by atoms with Gasteiger partial charge < -0.3 is 5.32 Å². The molecule has 116 valence electrons. The summed E-state index contributed by atoms with van der Waals surface area (Å²) in [4.78, 5) is 13.3.